The highest BCUT2D eigenvalue weighted by Crippen LogP contribution is 2.54. The molecule has 6 rings (SSSR count). The van der Waals surface area contributed by atoms with Crippen molar-refractivity contribution >= 4 is 25.5 Å². The van der Waals surface area contributed by atoms with Crippen molar-refractivity contribution in [1.29, 1.82) is 0 Å². The first-order valence-electron chi connectivity index (χ1n) is 15.2. The zero-order valence-electron chi connectivity index (χ0n) is 25.3. The minimum absolute atomic E-state index is 0.0503. The SMILES string of the molecule is Cc1ccc(C2CC3C(CC2S(=O)(=O)c2ccc(C)cc2)C(=O)CC(c2ccccc2)C3S(=O)(=O)c2ccc(C)cc2)cc1. The summed E-state index contributed by atoms with van der Waals surface area (Å²) in [6.07, 6.45) is 0.446. The highest BCUT2D eigenvalue weighted by Gasteiger charge is 2.56. The first-order valence-corrected chi connectivity index (χ1v) is 18.3. The number of aryl methyl sites for hydroxylation is 3. The van der Waals surface area contributed by atoms with E-state index in [1.807, 2.05) is 75.4 Å². The van der Waals surface area contributed by atoms with Gasteiger partial charge in [-0.15, -0.1) is 0 Å². The topological polar surface area (TPSA) is 85.3 Å². The third-order valence-electron chi connectivity index (χ3n) is 9.82. The Hall–Kier alpha value is -3.55. The maximum atomic E-state index is 14.6. The van der Waals surface area contributed by atoms with E-state index in [2.05, 4.69) is 0 Å². The number of benzene rings is 4. The molecule has 0 N–H and O–H groups in total. The predicted octanol–water partition coefficient (Wildman–Crippen LogP) is 7.16. The molecule has 0 heterocycles. The number of sulfone groups is 2. The Morgan fingerprint density at radius 3 is 1.55 bits per heavy atom. The normalized spacial score (nSPS) is 25.8. The number of Topliss-reactive ketones (excluding diaryl/α,β-unsaturated/α-hetero) is 1. The molecule has 2 fully saturated rings. The summed E-state index contributed by atoms with van der Waals surface area (Å²) in [7, 11) is -7.73. The van der Waals surface area contributed by atoms with Crippen LogP contribution in [-0.2, 0) is 24.5 Å². The van der Waals surface area contributed by atoms with E-state index in [1.165, 1.54) is 0 Å². The van der Waals surface area contributed by atoms with Gasteiger partial charge < -0.3 is 0 Å². The van der Waals surface area contributed by atoms with Crippen LogP contribution in [0.15, 0.2) is 113 Å². The molecule has 0 bridgehead atoms. The van der Waals surface area contributed by atoms with E-state index in [9.17, 15) is 21.6 Å². The van der Waals surface area contributed by atoms with Crippen LogP contribution in [0.1, 0.15) is 58.9 Å². The molecule has 0 amide bonds. The van der Waals surface area contributed by atoms with E-state index in [0.717, 1.165) is 27.8 Å². The van der Waals surface area contributed by atoms with Crippen molar-refractivity contribution in [2.75, 3.05) is 0 Å². The third kappa shape index (κ3) is 5.56. The highest BCUT2D eigenvalue weighted by atomic mass is 32.2. The fraction of sp³-hybridized carbons (Fsp3) is 0.324. The van der Waals surface area contributed by atoms with Gasteiger partial charge in [-0.3, -0.25) is 4.79 Å². The molecule has 4 aromatic carbocycles. The summed E-state index contributed by atoms with van der Waals surface area (Å²) in [6, 6.07) is 31.1. The lowest BCUT2D eigenvalue weighted by molar-refractivity contribution is -0.128. The van der Waals surface area contributed by atoms with Crippen molar-refractivity contribution in [2.24, 2.45) is 11.8 Å². The molecule has 0 aromatic heterocycles. The number of carbonyl (C=O) groups is 1. The summed E-state index contributed by atoms with van der Waals surface area (Å²) in [5, 5.41) is -1.72. The van der Waals surface area contributed by atoms with Crippen LogP contribution >= 0.6 is 0 Å². The van der Waals surface area contributed by atoms with Crippen molar-refractivity contribution in [1.82, 2.24) is 0 Å². The van der Waals surface area contributed by atoms with Crippen LogP contribution in [0.3, 0.4) is 0 Å². The zero-order chi connectivity index (χ0) is 31.2. The maximum absolute atomic E-state index is 14.6. The second-order valence-corrected chi connectivity index (χ2v) is 16.9. The van der Waals surface area contributed by atoms with Crippen molar-refractivity contribution in [3.05, 3.63) is 131 Å². The summed E-state index contributed by atoms with van der Waals surface area (Å²) >= 11 is 0. The molecule has 0 aliphatic heterocycles. The molecular weight excluding hydrogens is 589 g/mol. The Kier molecular flexibility index (Phi) is 8.14. The number of carbonyl (C=O) groups excluding carboxylic acids is 1. The van der Waals surface area contributed by atoms with Gasteiger partial charge in [0, 0.05) is 24.2 Å². The number of fused-ring (bicyclic) bond motifs is 1. The van der Waals surface area contributed by atoms with Gasteiger partial charge >= 0.3 is 0 Å². The number of hydrogen-bond acceptors (Lipinski definition) is 5. The first-order chi connectivity index (χ1) is 21.0. The molecule has 0 radical (unpaired) electrons. The van der Waals surface area contributed by atoms with E-state index in [0.29, 0.717) is 0 Å². The molecule has 44 heavy (non-hydrogen) atoms. The van der Waals surface area contributed by atoms with Crippen molar-refractivity contribution in [3.8, 4) is 0 Å². The van der Waals surface area contributed by atoms with Crippen molar-refractivity contribution in [3.63, 3.8) is 0 Å². The molecule has 5 nitrogen and oxygen atoms in total. The Bertz CT molecular complexity index is 1860. The Morgan fingerprint density at radius 2 is 1.00 bits per heavy atom. The molecule has 6 unspecified atom stereocenters. The number of hydrogen-bond donors (Lipinski definition) is 0. The predicted molar refractivity (Wildman–Crippen MR) is 173 cm³/mol. The van der Waals surface area contributed by atoms with Gasteiger partial charge in [0.05, 0.1) is 20.3 Å². The molecule has 0 saturated heterocycles. The van der Waals surface area contributed by atoms with Gasteiger partial charge in [0.15, 0.2) is 19.7 Å². The third-order valence-corrected chi connectivity index (χ3v) is 14.4. The van der Waals surface area contributed by atoms with Gasteiger partial charge in [-0.25, -0.2) is 16.8 Å². The van der Waals surface area contributed by atoms with Crippen LogP contribution in [0, 0.1) is 32.6 Å². The standard InChI is InChI=1S/C37H38O5S2/c1-24-9-15-28(16-10-24)31-21-34-33(23-36(31)43(39,40)29-17-11-25(2)12-18-29)35(38)22-32(27-7-5-4-6-8-27)37(34)44(41,42)30-19-13-26(3)14-20-30/h4-20,31-34,36-37H,21-23H2,1-3H3. The molecular formula is C37H38O5S2. The van der Waals surface area contributed by atoms with Crippen LogP contribution in [0.2, 0.25) is 0 Å². The average Bonchev–Trinajstić information content (AvgIpc) is 3.01. The molecule has 2 saturated carbocycles. The van der Waals surface area contributed by atoms with Gasteiger partial charge in [0.1, 0.15) is 5.78 Å². The average molecular weight is 627 g/mol. The second kappa shape index (κ2) is 11.8. The number of rotatable bonds is 6. The van der Waals surface area contributed by atoms with E-state index in [-0.39, 0.29) is 34.8 Å². The Labute approximate surface area is 261 Å². The molecule has 4 aromatic rings. The van der Waals surface area contributed by atoms with Crippen LogP contribution in [0.4, 0.5) is 0 Å². The van der Waals surface area contributed by atoms with Crippen molar-refractivity contribution in [2.45, 2.75) is 72.2 Å². The zero-order valence-corrected chi connectivity index (χ0v) is 26.9. The molecule has 6 atom stereocenters. The van der Waals surface area contributed by atoms with Crippen molar-refractivity contribution < 1.29 is 21.6 Å². The van der Waals surface area contributed by atoms with Gasteiger partial charge in [0.25, 0.3) is 0 Å². The van der Waals surface area contributed by atoms with E-state index < -0.39 is 53.8 Å². The minimum atomic E-state index is -3.89. The summed E-state index contributed by atoms with van der Waals surface area (Å²) in [5.74, 6) is -2.26. The molecule has 2 aliphatic rings. The molecule has 2 aliphatic carbocycles. The fourth-order valence-corrected chi connectivity index (χ4v) is 11.8. The smallest absolute Gasteiger partial charge is 0.182 e. The molecule has 0 spiro atoms. The lowest BCUT2D eigenvalue weighted by Crippen LogP contribution is -2.53. The van der Waals surface area contributed by atoms with Crippen LogP contribution in [0.5, 0.6) is 0 Å². The monoisotopic (exact) mass is 626 g/mol. The van der Waals surface area contributed by atoms with E-state index >= 15 is 0 Å². The highest BCUT2D eigenvalue weighted by molar-refractivity contribution is 7.92. The quantitative estimate of drug-likeness (QED) is 0.227. The maximum Gasteiger partial charge on any atom is 0.182 e. The molecule has 228 valence electrons. The summed E-state index contributed by atoms with van der Waals surface area (Å²) in [6.45, 7) is 5.81. The lowest BCUT2D eigenvalue weighted by Gasteiger charge is -2.48. The Balaban J connectivity index is 1.50. The van der Waals surface area contributed by atoms with Gasteiger partial charge in [-0.2, -0.15) is 0 Å². The minimum Gasteiger partial charge on any atom is -0.299 e. The largest absolute Gasteiger partial charge is 0.299 e. The second-order valence-electron chi connectivity index (χ2n) is 12.7. The van der Waals surface area contributed by atoms with Gasteiger partial charge in [-0.1, -0.05) is 95.6 Å². The summed E-state index contributed by atoms with van der Waals surface area (Å²) in [5.41, 5.74) is 4.65. The Morgan fingerprint density at radius 1 is 0.523 bits per heavy atom. The van der Waals surface area contributed by atoms with Crippen LogP contribution in [0.25, 0.3) is 0 Å². The van der Waals surface area contributed by atoms with E-state index in [1.54, 1.807) is 48.5 Å². The lowest BCUT2D eigenvalue weighted by atomic mass is 9.61. The summed E-state index contributed by atoms with van der Waals surface area (Å²) in [4.78, 5) is 14.5. The van der Waals surface area contributed by atoms with E-state index in [4.69, 9.17) is 0 Å². The van der Waals surface area contributed by atoms with Gasteiger partial charge in [-0.05, 0) is 74.9 Å². The van der Waals surface area contributed by atoms with Gasteiger partial charge in [0.2, 0.25) is 0 Å². The number of ketones is 1. The fourth-order valence-electron chi connectivity index (χ4n) is 7.46. The van der Waals surface area contributed by atoms with Crippen LogP contribution < -0.4 is 0 Å². The van der Waals surface area contributed by atoms with Crippen LogP contribution in [-0.4, -0.2) is 33.1 Å². The molecule has 7 heteroatoms. The first kappa shape index (κ1) is 30.5. The summed E-state index contributed by atoms with van der Waals surface area (Å²) < 4.78 is 57.9.